The number of likely N-dealkylation sites (N-methyl/N-ethyl adjacent to an activating group) is 1. The molecular formula is C11H21NO3. The van der Waals surface area contributed by atoms with E-state index in [2.05, 4.69) is 0 Å². The molecule has 0 spiro atoms. The zero-order valence-electron chi connectivity index (χ0n) is 9.57. The molecule has 4 heteroatoms. The zero-order chi connectivity index (χ0) is 11.5. The van der Waals surface area contributed by atoms with E-state index < -0.39 is 17.6 Å². The van der Waals surface area contributed by atoms with Gasteiger partial charge in [0.1, 0.15) is 6.04 Å². The number of hydrogen-bond donors (Lipinski definition) is 2. The number of rotatable bonds is 5. The molecule has 1 atom stereocenters. The Morgan fingerprint density at radius 1 is 1.47 bits per heavy atom. The molecule has 0 amide bonds. The molecule has 1 aliphatic rings. The third kappa shape index (κ3) is 3.18. The van der Waals surface area contributed by atoms with Gasteiger partial charge in [0.15, 0.2) is 0 Å². The van der Waals surface area contributed by atoms with Crippen LogP contribution < -0.4 is 0 Å². The number of carboxylic acid groups (broad SMARTS) is 1. The van der Waals surface area contributed by atoms with Crippen molar-refractivity contribution in [1.29, 1.82) is 0 Å². The van der Waals surface area contributed by atoms with Crippen LogP contribution in [0, 0.1) is 0 Å². The molecule has 0 aromatic heterocycles. The van der Waals surface area contributed by atoms with Gasteiger partial charge in [-0.25, -0.2) is 0 Å². The Labute approximate surface area is 90.9 Å². The largest absolute Gasteiger partial charge is 0.480 e. The second kappa shape index (κ2) is 4.94. The predicted octanol–water partition coefficient (Wildman–Crippen LogP) is 1.09. The minimum absolute atomic E-state index is 0.470. The van der Waals surface area contributed by atoms with E-state index in [0.717, 1.165) is 25.7 Å². The van der Waals surface area contributed by atoms with E-state index in [1.807, 2.05) is 6.92 Å². The second-order valence-electron chi connectivity index (χ2n) is 4.61. The second-order valence-corrected chi connectivity index (χ2v) is 4.61. The van der Waals surface area contributed by atoms with Gasteiger partial charge in [0.25, 0.3) is 0 Å². The summed E-state index contributed by atoms with van der Waals surface area (Å²) >= 11 is 0. The van der Waals surface area contributed by atoms with Crippen LogP contribution in [0.5, 0.6) is 0 Å². The Bertz CT molecular complexity index is 224. The van der Waals surface area contributed by atoms with E-state index in [0.29, 0.717) is 13.0 Å². The number of carboxylic acids is 1. The lowest BCUT2D eigenvalue weighted by atomic mass is 10.0. The molecule has 0 aromatic carbocycles. The highest BCUT2D eigenvalue weighted by Crippen LogP contribution is 2.30. The van der Waals surface area contributed by atoms with Gasteiger partial charge in [0, 0.05) is 6.54 Å². The van der Waals surface area contributed by atoms with Crippen molar-refractivity contribution in [1.82, 2.24) is 4.90 Å². The molecule has 1 fully saturated rings. The number of carbonyl (C=O) groups is 1. The van der Waals surface area contributed by atoms with Crippen LogP contribution in [0.2, 0.25) is 0 Å². The Hall–Kier alpha value is -0.610. The lowest BCUT2D eigenvalue weighted by Crippen LogP contribution is -2.46. The van der Waals surface area contributed by atoms with Crippen molar-refractivity contribution in [3.8, 4) is 0 Å². The van der Waals surface area contributed by atoms with Gasteiger partial charge in [-0.3, -0.25) is 9.69 Å². The van der Waals surface area contributed by atoms with Gasteiger partial charge in [0.05, 0.1) is 5.60 Å². The Balaban J connectivity index is 2.52. The molecule has 1 unspecified atom stereocenters. The number of nitrogens with zero attached hydrogens (tertiary/aromatic N) is 1. The standard InChI is InChI=1S/C11H21NO3/c1-3-9(10(13)14)12(2)8-11(15)6-4-5-7-11/h9,15H,3-8H2,1-2H3,(H,13,14). The van der Waals surface area contributed by atoms with Gasteiger partial charge in [-0.15, -0.1) is 0 Å². The molecule has 0 aromatic rings. The maximum atomic E-state index is 10.9. The summed E-state index contributed by atoms with van der Waals surface area (Å²) in [5, 5.41) is 19.1. The van der Waals surface area contributed by atoms with Crippen molar-refractivity contribution in [3.63, 3.8) is 0 Å². The van der Waals surface area contributed by atoms with Gasteiger partial charge < -0.3 is 10.2 Å². The molecular weight excluding hydrogens is 194 g/mol. The molecule has 0 saturated heterocycles. The first-order valence-electron chi connectivity index (χ1n) is 5.64. The summed E-state index contributed by atoms with van der Waals surface area (Å²) in [6, 6.07) is -0.477. The van der Waals surface area contributed by atoms with E-state index in [4.69, 9.17) is 5.11 Å². The van der Waals surface area contributed by atoms with Gasteiger partial charge in [-0.2, -0.15) is 0 Å². The van der Waals surface area contributed by atoms with Crippen molar-refractivity contribution < 1.29 is 15.0 Å². The third-order valence-corrected chi connectivity index (χ3v) is 3.28. The van der Waals surface area contributed by atoms with Crippen molar-refractivity contribution in [2.45, 2.75) is 50.7 Å². The molecule has 1 rings (SSSR count). The molecule has 1 saturated carbocycles. The summed E-state index contributed by atoms with van der Waals surface area (Å²) in [6.07, 6.45) is 4.27. The van der Waals surface area contributed by atoms with Crippen LogP contribution in [-0.2, 0) is 4.79 Å². The SMILES string of the molecule is CCC(C(=O)O)N(C)CC1(O)CCCC1. The average Bonchev–Trinajstić information content (AvgIpc) is 2.51. The maximum Gasteiger partial charge on any atom is 0.320 e. The van der Waals surface area contributed by atoms with Crippen LogP contribution >= 0.6 is 0 Å². The number of aliphatic hydroxyl groups is 1. The lowest BCUT2D eigenvalue weighted by molar-refractivity contribution is -0.144. The quantitative estimate of drug-likeness (QED) is 0.720. The molecule has 2 N–H and O–H groups in total. The van der Waals surface area contributed by atoms with Gasteiger partial charge in [0.2, 0.25) is 0 Å². The summed E-state index contributed by atoms with van der Waals surface area (Å²) in [5.74, 6) is -0.804. The fourth-order valence-electron chi connectivity index (χ4n) is 2.44. The highest BCUT2D eigenvalue weighted by atomic mass is 16.4. The minimum atomic E-state index is -0.804. The highest BCUT2D eigenvalue weighted by Gasteiger charge is 2.34. The van der Waals surface area contributed by atoms with Crippen molar-refractivity contribution >= 4 is 5.97 Å². The van der Waals surface area contributed by atoms with Crippen molar-refractivity contribution in [2.75, 3.05) is 13.6 Å². The molecule has 88 valence electrons. The van der Waals surface area contributed by atoms with E-state index in [1.54, 1.807) is 11.9 Å². The van der Waals surface area contributed by atoms with E-state index in [-0.39, 0.29) is 0 Å². The predicted molar refractivity (Wildman–Crippen MR) is 57.8 cm³/mol. The first kappa shape index (κ1) is 12.5. The summed E-state index contributed by atoms with van der Waals surface area (Å²) in [4.78, 5) is 12.7. The van der Waals surface area contributed by atoms with Gasteiger partial charge in [-0.1, -0.05) is 19.8 Å². The summed E-state index contributed by atoms with van der Waals surface area (Å²) in [6.45, 7) is 2.33. The van der Waals surface area contributed by atoms with Crippen LogP contribution in [-0.4, -0.2) is 46.3 Å². The molecule has 4 nitrogen and oxygen atoms in total. The minimum Gasteiger partial charge on any atom is -0.480 e. The van der Waals surface area contributed by atoms with Crippen LogP contribution in [0.25, 0.3) is 0 Å². The van der Waals surface area contributed by atoms with Gasteiger partial charge >= 0.3 is 5.97 Å². The molecule has 0 heterocycles. The summed E-state index contributed by atoms with van der Waals surface area (Å²) in [5.41, 5.74) is -0.655. The Morgan fingerprint density at radius 3 is 2.40 bits per heavy atom. The molecule has 0 aliphatic heterocycles. The Kier molecular flexibility index (Phi) is 4.11. The van der Waals surface area contributed by atoms with Crippen LogP contribution in [0.15, 0.2) is 0 Å². The number of hydrogen-bond acceptors (Lipinski definition) is 3. The van der Waals surface area contributed by atoms with E-state index in [1.165, 1.54) is 0 Å². The first-order chi connectivity index (χ1) is 6.98. The van der Waals surface area contributed by atoms with Crippen LogP contribution in [0.3, 0.4) is 0 Å². The first-order valence-corrected chi connectivity index (χ1v) is 5.64. The zero-order valence-corrected chi connectivity index (χ0v) is 9.57. The average molecular weight is 215 g/mol. The molecule has 0 radical (unpaired) electrons. The maximum absolute atomic E-state index is 10.9. The van der Waals surface area contributed by atoms with E-state index in [9.17, 15) is 9.90 Å². The van der Waals surface area contributed by atoms with Crippen molar-refractivity contribution in [3.05, 3.63) is 0 Å². The molecule has 1 aliphatic carbocycles. The molecule has 15 heavy (non-hydrogen) atoms. The third-order valence-electron chi connectivity index (χ3n) is 3.28. The lowest BCUT2D eigenvalue weighted by Gasteiger charge is -2.31. The normalized spacial score (nSPS) is 21.9. The van der Waals surface area contributed by atoms with Gasteiger partial charge in [-0.05, 0) is 26.3 Å². The number of aliphatic carboxylic acids is 1. The van der Waals surface area contributed by atoms with E-state index >= 15 is 0 Å². The smallest absolute Gasteiger partial charge is 0.320 e. The van der Waals surface area contributed by atoms with Crippen LogP contribution in [0.1, 0.15) is 39.0 Å². The molecule has 0 bridgehead atoms. The van der Waals surface area contributed by atoms with Crippen LogP contribution in [0.4, 0.5) is 0 Å². The summed E-state index contributed by atoms with van der Waals surface area (Å²) < 4.78 is 0. The topological polar surface area (TPSA) is 60.8 Å². The fourth-order valence-corrected chi connectivity index (χ4v) is 2.44. The highest BCUT2D eigenvalue weighted by molar-refractivity contribution is 5.73. The fraction of sp³-hybridized carbons (Fsp3) is 0.909. The monoisotopic (exact) mass is 215 g/mol. The van der Waals surface area contributed by atoms with Crippen molar-refractivity contribution in [2.24, 2.45) is 0 Å². The Morgan fingerprint density at radius 2 is 2.00 bits per heavy atom. The summed E-state index contributed by atoms with van der Waals surface area (Å²) in [7, 11) is 1.78.